The minimum absolute atomic E-state index is 0.323. The molecule has 1 atom stereocenters. The quantitative estimate of drug-likeness (QED) is 0.888. The molecule has 2 aromatic rings. The van der Waals surface area contributed by atoms with Crippen molar-refractivity contribution in [2.45, 2.75) is 32.0 Å². The molecule has 2 heteroatoms. The molecule has 18 heavy (non-hydrogen) atoms. The highest BCUT2D eigenvalue weighted by Crippen LogP contribution is 2.30. The van der Waals surface area contributed by atoms with Crippen LogP contribution in [0.2, 0.25) is 0 Å². The van der Waals surface area contributed by atoms with Crippen LogP contribution >= 0.6 is 0 Å². The lowest BCUT2D eigenvalue weighted by Gasteiger charge is -2.26. The molecule has 0 aliphatic carbocycles. The van der Waals surface area contributed by atoms with E-state index in [0.29, 0.717) is 6.42 Å². The predicted molar refractivity (Wildman–Crippen MR) is 74.6 cm³/mol. The molecular weight excluding hydrogens is 224 g/mol. The Kier molecular flexibility index (Phi) is 3.69. The number of ether oxygens (including phenoxy) is 1. The van der Waals surface area contributed by atoms with Crippen molar-refractivity contribution >= 4 is 10.8 Å². The molecule has 2 nitrogen and oxygen atoms in total. The first-order chi connectivity index (χ1) is 8.53. The van der Waals surface area contributed by atoms with Gasteiger partial charge in [-0.3, -0.25) is 0 Å². The van der Waals surface area contributed by atoms with Gasteiger partial charge in [0, 0.05) is 13.5 Å². The molecule has 0 saturated heterocycles. The molecular formula is C16H20O2. The van der Waals surface area contributed by atoms with E-state index < -0.39 is 6.10 Å². The van der Waals surface area contributed by atoms with Crippen LogP contribution < -0.4 is 0 Å². The zero-order valence-corrected chi connectivity index (χ0v) is 11.2. The minimum atomic E-state index is -0.508. The maximum atomic E-state index is 10.4. The highest BCUT2D eigenvalue weighted by molar-refractivity contribution is 5.85. The van der Waals surface area contributed by atoms with Crippen molar-refractivity contribution in [1.29, 1.82) is 0 Å². The van der Waals surface area contributed by atoms with Crippen molar-refractivity contribution in [3.8, 4) is 0 Å². The number of aliphatic hydroxyl groups excluding tert-OH is 1. The molecule has 1 unspecified atom stereocenters. The largest absolute Gasteiger partial charge is 0.388 e. The van der Waals surface area contributed by atoms with E-state index in [-0.39, 0.29) is 5.60 Å². The molecule has 96 valence electrons. The molecule has 0 aromatic heterocycles. The molecule has 1 N–H and O–H groups in total. The highest BCUT2D eigenvalue weighted by atomic mass is 16.5. The van der Waals surface area contributed by atoms with Gasteiger partial charge in [-0.2, -0.15) is 0 Å². The summed E-state index contributed by atoms with van der Waals surface area (Å²) < 4.78 is 5.38. The Labute approximate surface area is 108 Å². The van der Waals surface area contributed by atoms with E-state index in [9.17, 15) is 5.11 Å². The van der Waals surface area contributed by atoms with Gasteiger partial charge in [0.1, 0.15) is 0 Å². The van der Waals surface area contributed by atoms with Gasteiger partial charge in [-0.1, -0.05) is 42.5 Å². The van der Waals surface area contributed by atoms with Gasteiger partial charge in [-0.25, -0.2) is 0 Å². The molecule has 0 radical (unpaired) electrons. The number of aliphatic hydroxyl groups is 1. The van der Waals surface area contributed by atoms with E-state index in [0.717, 1.165) is 16.3 Å². The lowest BCUT2D eigenvalue weighted by atomic mass is 9.92. The first kappa shape index (κ1) is 13.1. The van der Waals surface area contributed by atoms with E-state index in [1.165, 1.54) is 0 Å². The maximum Gasteiger partial charge on any atom is 0.0823 e. The number of fused-ring (bicyclic) bond motifs is 1. The van der Waals surface area contributed by atoms with Crippen molar-refractivity contribution in [3.63, 3.8) is 0 Å². The third kappa shape index (κ3) is 2.71. The number of benzene rings is 2. The summed E-state index contributed by atoms with van der Waals surface area (Å²) in [6.45, 7) is 3.97. The van der Waals surface area contributed by atoms with Crippen molar-refractivity contribution in [3.05, 3.63) is 48.0 Å². The summed E-state index contributed by atoms with van der Waals surface area (Å²) in [6, 6.07) is 14.2. The third-order valence-electron chi connectivity index (χ3n) is 3.42. The van der Waals surface area contributed by atoms with E-state index in [1.807, 2.05) is 44.2 Å². The molecule has 0 fully saturated rings. The second kappa shape index (κ2) is 5.09. The second-order valence-corrected chi connectivity index (χ2v) is 5.25. The van der Waals surface area contributed by atoms with Gasteiger partial charge in [0.15, 0.2) is 0 Å². The zero-order chi connectivity index (χ0) is 13.2. The highest BCUT2D eigenvalue weighted by Gasteiger charge is 2.23. The maximum absolute atomic E-state index is 10.4. The summed E-state index contributed by atoms with van der Waals surface area (Å²) in [7, 11) is 1.68. The first-order valence-corrected chi connectivity index (χ1v) is 6.24. The molecule has 2 rings (SSSR count). The molecule has 2 aromatic carbocycles. The van der Waals surface area contributed by atoms with Crippen LogP contribution in [0.3, 0.4) is 0 Å². The summed E-state index contributed by atoms with van der Waals surface area (Å²) >= 11 is 0. The molecule has 0 heterocycles. The molecule has 0 bridgehead atoms. The fraction of sp³-hybridized carbons (Fsp3) is 0.375. The van der Waals surface area contributed by atoms with E-state index >= 15 is 0 Å². The number of methoxy groups -OCH3 is 1. The Hall–Kier alpha value is -1.38. The Bertz CT molecular complexity index is 526. The topological polar surface area (TPSA) is 29.5 Å². The summed E-state index contributed by atoms with van der Waals surface area (Å²) in [5.41, 5.74) is 0.648. The van der Waals surface area contributed by atoms with Gasteiger partial charge in [-0.15, -0.1) is 0 Å². The van der Waals surface area contributed by atoms with Crippen molar-refractivity contribution in [1.82, 2.24) is 0 Å². The zero-order valence-electron chi connectivity index (χ0n) is 11.2. The van der Waals surface area contributed by atoms with E-state index in [4.69, 9.17) is 4.74 Å². The monoisotopic (exact) mass is 244 g/mol. The van der Waals surface area contributed by atoms with Crippen LogP contribution in [0.25, 0.3) is 10.8 Å². The predicted octanol–water partition coefficient (Wildman–Crippen LogP) is 3.69. The summed E-state index contributed by atoms with van der Waals surface area (Å²) in [5, 5.41) is 12.7. The molecule has 0 amide bonds. The first-order valence-electron chi connectivity index (χ1n) is 6.24. The average molecular weight is 244 g/mol. The molecule has 0 aliphatic rings. The van der Waals surface area contributed by atoms with E-state index in [2.05, 4.69) is 12.1 Å². The van der Waals surface area contributed by atoms with Gasteiger partial charge in [0.25, 0.3) is 0 Å². The minimum Gasteiger partial charge on any atom is -0.388 e. The van der Waals surface area contributed by atoms with Crippen molar-refractivity contribution < 1.29 is 9.84 Å². The summed E-state index contributed by atoms with van der Waals surface area (Å²) in [5.74, 6) is 0. The molecule has 0 saturated carbocycles. The van der Waals surface area contributed by atoms with Crippen LogP contribution in [-0.2, 0) is 4.74 Å². The SMILES string of the molecule is COC(C)(C)CC(O)c1cccc2ccccc12. The summed E-state index contributed by atoms with van der Waals surface area (Å²) in [6.07, 6.45) is 0.0726. The van der Waals surface area contributed by atoms with Crippen LogP contribution in [0.1, 0.15) is 31.9 Å². The number of hydrogen-bond acceptors (Lipinski definition) is 2. The van der Waals surface area contributed by atoms with Crippen molar-refractivity contribution in [2.24, 2.45) is 0 Å². The smallest absolute Gasteiger partial charge is 0.0823 e. The van der Waals surface area contributed by atoms with Crippen LogP contribution in [0.15, 0.2) is 42.5 Å². The summed E-state index contributed by atoms with van der Waals surface area (Å²) in [4.78, 5) is 0. The fourth-order valence-electron chi connectivity index (χ4n) is 2.20. The van der Waals surface area contributed by atoms with E-state index in [1.54, 1.807) is 7.11 Å². The third-order valence-corrected chi connectivity index (χ3v) is 3.42. The van der Waals surface area contributed by atoms with Gasteiger partial charge in [-0.05, 0) is 30.2 Å². The van der Waals surface area contributed by atoms with Gasteiger partial charge < -0.3 is 9.84 Å². The lowest BCUT2D eigenvalue weighted by molar-refractivity contribution is -0.0197. The van der Waals surface area contributed by atoms with Crippen LogP contribution in [0, 0.1) is 0 Å². The number of rotatable bonds is 4. The Morgan fingerprint density at radius 1 is 1.11 bits per heavy atom. The lowest BCUT2D eigenvalue weighted by Crippen LogP contribution is -2.25. The van der Waals surface area contributed by atoms with Crippen LogP contribution in [0.4, 0.5) is 0 Å². The second-order valence-electron chi connectivity index (χ2n) is 5.25. The number of hydrogen-bond donors (Lipinski definition) is 1. The normalized spacial score (nSPS) is 13.8. The molecule has 0 spiro atoms. The standard InChI is InChI=1S/C16H20O2/c1-16(2,18-3)11-15(17)14-10-6-8-12-7-4-5-9-13(12)14/h4-10,15,17H,11H2,1-3H3. The van der Waals surface area contributed by atoms with Gasteiger partial charge in [0.2, 0.25) is 0 Å². The van der Waals surface area contributed by atoms with Gasteiger partial charge in [0.05, 0.1) is 11.7 Å². The Balaban J connectivity index is 2.36. The van der Waals surface area contributed by atoms with Crippen LogP contribution in [0.5, 0.6) is 0 Å². The Morgan fingerprint density at radius 3 is 2.50 bits per heavy atom. The van der Waals surface area contributed by atoms with Crippen molar-refractivity contribution in [2.75, 3.05) is 7.11 Å². The molecule has 0 aliphatic heterocycles. The fourth-order valence-corrected chi connectivity index (χ4v) is 2.20. The van der Waals surface area contributed by atoms with Crippen LogP contribution in [-0.4, -0.2) is 17.8 Å². The van der Waals surface area contributed by atoms with Gasteiger partial charge >= 0.3 is 0 Å². The Morgan fingerprint density at radius 2 is 1.78 bits per heavy atom. The average Bonchev–Trinajstić information content (AvgIpc) is 2.37.